The summed E-state index contributed by atoms with van der Waals surface area (Å²) in [6.07, 6.45) is 0.0935. The number of benzene rings is 1. The lowest BCUT2D eigenvalue weighted by Crippen LogP contribution is -2.26. The van der Waals surface area contributed by atoms with E-state index in [4.69, 9.17) is 21.1 Å². The van der Waals surface area contributed by atoms with E-state index in [0.29, 0.717) is 5.69 Å². The highest BCUT2D eigenvalue weighted by Crippen LogP contribution is 2.29. The van der Waals surface area contributed by atoms with Gasteiger partial charge in [0, 0.05) is 18.7 Å². The molecular formula is C16H18ClNO5. The molecule has 0 aliphatic carbocycles. The number of hydrogen-bond donors (Lipinski definition) is 0. The number of carbonyl (C=O) groups is 3. The van der Waals surface area contributed by atoms with Crippen molar-refractivity contribution in [1.29, 1.82) is 0 Å². The quantitative estimate of drug-likeness (QED) is 0.770. The van der Waals surface area contributed by atoms with Crippen molar-refractivity contribution in [2.24, 2.45) is 5.92 Å². The minimum absolute atomic E-state index is 0.0935. The van der Waals surface area contributed by atoms with Gasteiger partial charge in [-0.1, -0.05) is 11.6 Å². The lowest BCUT2D eigenvalue weighted by molar-refractivity contribution is -0.147. The Morgan fingerprint density at radius 1 is 1.26 bits per heavy atom. The van der Waals surface area contributed by atoms with Crippen LogP contribution in [0.1, 0.15) is 30.6 Å². The summed E-state index contributed by atoms with van der Waals surface area (Å²) >= 11 is 6.01. The predicted octanol–water partition coefficient (Wildman–Crippen LogP) is 2.43. The first-order chi connectivity index (χ1) is 11.0. The number of anilines is 1. The van der Waals surface area contributed by atoms with Crippen molar-refractivity contribution in [1.82, 2.24) is 0 Å². The minimum atomic E-state index is -0.548. The first-order valence-electron chi connectivity index (χ1n) is 7.41. The van der Waals surface area contributed by atoms with Crippen molar-refractivity contribution in [2.45, 2.75) is 20.3 Å². The summed E-state index contributed by atoms with van der Waals surface area (Å²) in [6.45, 7) is 4.15. The molecule has 2 rings (SSSR count). The molecule has 0 radical (unpaired) electrons. The van der Waals surface area contributed by atoms with Gasteiger partial charge < -0.3 is 14.4 Å². The van der Waals surface area contributed by atoms with Crippen molar-refractivity contribution in [3.05, 3.63) is 28.8 Å². The van der Waals surface area contributed by atoms with Crippen LogP contribution in [0.25, 0.3) is 0 Å². The third-order valence-corrected chi connectivity index (χ3v) is 3.83. The van der Waals surface area contributed by atoms with Crippen LogP contribution in [-0.2, 0) is 19.1 Å². The maximum Gasteiger partial charge on any atom is 0.339 e. The Labute approximate surface area is 139 Å². The van der Waals surface area contributed by atoms with Gasteiger partial charge in [-0.25, -0.2) is 4.79 Å². The highest BCUT2D eigenvalue weighted by atomic mass is 35.5. The summed E-state index contributed by atoms with van der Waals surface area (Å²) in [4.78, 5) is 37.3. The number of amides is 1. The van der Waals surface area contributed by atoms with Gasteiger partial charge in [0.25, 0.3) is 0 Å². The largest absolute Gasteiger partial charge is 0.466 e. The molecule has 1 aliphatic rings. The molecule has 6 nitrogen and oxygen atoms in total. The van der Waals surface area contributed by atoms with Crippen LogP contribution < -0.4 is 4.90 Å². The van der Waals surface area contributed by atoms with E-state index in [0.717, 1.165) is 0 Å². The molecule has 1 heterocycles. The molecule has 0 N–H and O–H groups in total. The van der Waals surface area contributed by atoms with Crippen LogP contribution in [0.15, 0.2) is 18.2 Å². The summed E-state index contributed by atoms with van der Waals surface area (Å²) in [5, 5.41) is 0.251. The molecule has 1 aromatic rings. The lowest BCUT2D eigenvalue weighted by atomic mass is 10.1. The van der Waals surface area contributed by atoms with E-state index in [9.17, 15) is 14.4 Å². The zero-order valence-corrected chi connectivity index (χ0v) is 13.8. The fraction of sp³-hybridized carbons (Fsp3) is 0.438. The average Bonchev–Trinajstić information content (AvgIpc) is 2.90. The average molecular weight is 340 g/mol. The highest BCUT2D eigenvalue weighted by Gasteiger charge is 2.36. The van der Waals surface area contributed by atoms with Gasteiger partial charge in [0.1, 0.15) is 0 Å². The molecule has 1 atom stereocenters. The first kappa shape index (κ1) is 17.3. The number of rotatable bonds is 5. The molecule has 124 valence electrons. The number of ether oxygens (including phenoxy) is 2. The number of nitrogens with zero attached hydrogens (tertiary/aromatic N) is 1. The van der Waals surface area contributed by atoms with Gasteiger partial charge in [-0.15, -0.1) is 0 Å². The van der Waals surface area contributed by atoms with Crippen molar-refractivity contribution < 1.29 is 23.9 Å². The van der Waals surface area contributed by atoms with E-state index in [1.165, 1.54) is 17.0 Å². The minimum Gasteiger partial charge on any atom is -0.466 e. The SMILES string of the molecule is CCOC(=O)c1cc(N2C[C@@H](C(=O)OCC)CC2=O)ccc1Cl. The van der Waals surface area contributed by atoms with Crippen LogP contribution in [0.3, 0.4) is 0 Å². The Balaban J connectivity index is 2.22. The Morgan fingerprint density at radius 3 is 2.61 bits per heavy atom. The van der Waals surface area contributed by atoms with Gasteiger partial charge in [0.15, 0.2) is 0 Å². The fourth-order valence-corrected chi connectivity index (χ4v) is 2.62. The molecule has 0 spiro atoms. The van der Waals surface area contributed by atoms with Gasteiger partial charge in [-0.3, -0.25) is 9.59 Å². The number of halogens is 1. The van der Waals surface area contributed by atoms with E-state index in [2.05, 4.69) is 0 Å². The first-order valence-corrected chi connectivity index (χ1v) is 7.79. The van der Waals surface area contributed by atoms with Gasteiger partial charge in [-0.05, 0) is 32.0 Å². The van der Waals surface area contributed by atoms with E-state index >= 15 is 0 Å². The van der Waals surface area contributed by atoms with Crippen LogP contribution in [0.2, 0.25) is 5.02 Å². The fourth-order valence-electron chi connectivity index (χ4n) is 2.42. The van der Waals surface area contributed by atoms with Crippen molar-refractivity contribution in [3.63, 3.8) is 0 Å². The second-order valence-electron chi connectivity index (χ2n) is 5.04. The van der Waals surface area contributed by atoms with E-state index in [1.54, 1.807) is 19.9 Å². The standard InChI is InChI=1S/C16H18ClNO5/c1-3-22-15(20)10-7-14(19)18(9-10)11-5-6-13(17)12(8-11)16(21)23-4-2/h5-6,8,10H,3-4,7,9H2,1-2H3/t10-/m0/s1. The predicted molar refractivity (Wildman–Crippen MR) is 84.5 cm³/mol. The smallest absolute Gasteiger partial charge is 0.339 e. The molecular weight excluding hydrogens is 322 g/mol. The zero-order valence-electron chi connectivity index (χ0n) is 13.0. The van der Waals surface area contributed by atoms with Crippen LogP contribution in [0.5, 0.6) is 0 Å². The number of carbonyl (C=O) groups excluding carboxylic acids is 3. The number of esters is 2. The van der Waals surface area contributed by atoms with Gasteiger partial charge >= 0.3 is 11.9 Å². The molecule has 23 heavy (non-hydrogen) atoms. The Kier molecular flexibility index (Phi) is 5.60. The molecule has 1 saturated heterocycles. The van der Waals surface area contributed by atoms with Crippen LogP contribution in [-0.4, -0.2) is 37.6 Å². The molecule has 0 bridgehead atoms. The summed E-state index contributed by atoms with van der Waals surface area (Å²) in [5.41, 5.74) is 0.702. The van der Waals surface area contributed by atoms with Gasteiger partial charge in [-0.2, -0.15) is 0 Å². The maximum atomic E-state index is 12.2. The van der Waals surface area contributed by atoms with E-state index in [1.807, 2.05) is 0 Å². The normalized spacial score (nSPS) is 17.3. The van der Waals surface area contributed by atoms with Crippen molar-refractivity contribution in [3.8, 4) is 0 Å². The molecule has 7 heteroatoms. The summed E-state index contributed by atoms with van der Waals surface area (Å²) in [5.74, 6) is -1.62. The topological polar surface area (TPSA) is 72.9 Å². The lowest BCUT2D eigenvalue weighted by Gasteiger charge is -2.17. The van der Waals surface area contributed by atoms with E-state index in [-0.39, 0.29) is 48.6 Å². The highest BCUT2D eigenvalue weighted by molar-refractivity contribution is 6.33. The van der Waals surface area contributed by atoms with Crippen molar-refractivity contribution in [2.75, 3.05) is 24.7 Å². The molecule has 1 fully saturated rings. The Bertz CT molecular complexity index is 631. The van der Waals surface area contributed by atoms with Crippen LogP contribution >= 0.6 is 11.6 Å². The summed E-state index contributed by atoms with van der Waals surface area (Å²) in [7, 11) is 0. The van der Waals surface area contributed by atoms with Crippen molar-refractivity contribution >= 4 is 35.1 Å². The second-order valence-corrected chi connectivity index (χ2v) is 5.45. The third kappa shape index (κ3) is 3.82. The zero-order chi connectivity index (χ0) is 17.0. The molecule has 0 aromatic heterocycles. The Hall–Kier alpha value is -2.08. The monoisotopic (exact) mass is 339 g/mol. The van der Waals surface area contributed by atoms with Gasteiger partial charge in [0.05, 0.1) is 29.7 Å². The van der Waals surface area contributed by atoms with Crippen LogP contribution in [0.4, 0.5) is 5.69 Å². The summed E-state index contributed by atoms with van der Waals surface area (Å²) < 4.78 is 9.90. The second kappa shape index (κ2) is 7.46. The molecule has 1 aliphatic heterocycles. The molecule has 0 unspecified atom stereocenters. The third-order valence-electron chi connectivity index (χ3n) is 3.50. The Morgan fingerprint density at radius 2 is 1.96 bits per heavy atom. The molecule has 1 aromatic carbocycles. The van der Waals surface area contributed by atoms with E-state index < -0.39 is 11.9 Å². The van der Waals surface area contributed by atoms with Crippen LogP contribution in [0, 0.1) is 5.92 Å². The summed E-state index contributed by atoms with van der Waals surface area (Å²) in [6, 6.07) is 4.68. The number of hydrogen-bond acceptors (Lipinski definition) is 5. The van der Waals surface area contributed by atoms with Gasteiger partial charge in [0.2, 0.25) is 5.91 Å². The molecule has 1 amide bonds. The maximum absolute atomic E-state index is 12.2. The molecule has 0 saturated carbocycles.